The molecule has 0 radical (unpaired) electrons. The number of barbiturate groups is 1. The van der Waals surface area contributed by atoms with Crippen LogP contribution in [0, 0.1) is 17.0 Å². The van der Waals surface area contributed by atoms with Crippen molar-refractivity contribution in [2.45, 2.75) is 6.92 Å². The lowest BCUT2D eigenvalue weighted by atomic mass is 10.1. The number of urea groups is 1. The molecule has 10 heteroatoms. The van der Waals surface area contributed by atoms with Gasteiger partial charge in [0.15, 0.2) is 0 Å². The zero-order valence-electron chi connectivity index (χ0n) is 16.5. The summed E-state index contributed by atoms with van der Waals surface area (Å²) in [6.07, 6.45) is 1.24. The number of non-ortho nitro benzene ring substituents is 1. The van der Waals surface area contributed by atoms with E-state index in [-0.39, 0.29) is 17.0 Å². The molecular weight excluding hydrogens is 482 g/mol. The van der Waals surface area contributed by atoms with Crippen LogP contribution < -0.4 is 10.2 Å². The smallest absolute Gasteiger partial charge is 0.335 e. The molecule has 0 atom stereocenters. The SMILES string of the molecule is Cc1ccc(N2C(=O)NC(=O)C(=Cc3ccc(-c4ccc([N+](=O)[O-])cc4Br)o3)C2=O)cc1. The molecule has 0 aliphatic carbocycles. The fraction of sp³-hybridized carbons (Fsp3) is 0.0455. The number of carbonyl (C=O) groups is 3. The summed E-state index contributed by atoms with van der Waals surface area (Å²) in [6, 6.07) is 13.2. The van der Waals surface area contributed by atoms with Crippen LogP contribution in [0.3, 0.4) is 0 Å². The Kier molecular flexibility index (Phi) is 5.45. The maximum atomic E-state index is 12.9. The van der Waals surface area contributed by atoms with E-state index in [2.05, 4.69) is 21.2 Å². The Bertz CT molecular complexity index is 1310. The average molecular weight is 496 g/mol. The van der Waals surface area contributed by atoms with Gasteiger partial charge in [-0.25, -0.2) is 9.69 Å². The highest BCUT2D eigenvalue weighted by Crippen LogP contribution is 2.33. The number of imide groups is 2. The lowest BCUT2D eigenvalue weighted by Crippen LogP contribution is -2.54. The number of nitro groups is 1. The second-order valence-corrected chi connectivity index (χ2v) is 7.77. The molecule has 0 bridgehead atoms. The number of amides is 4. The standard InChI is InChI=1S/C22H14BrN3O6/c1-12-2-4-13(5-3-12)25-21(28)17(20(27)24-22(25)29)11-15-7-9-19(32-15)16-8-6-14(26(30)31)10-18(16)23/h2-11H,1H3,(H,24,27,29). The predicted molar refractivity (Wildman–Crippen MR) is 119 cm³/mol. The largest absolute Gasteiger partial charge is 0.457 e. The van der Waals surface area contributed by atoms with Crippen molar-refractivity contribution < 1.29 is 23.7 Å². The van der Waals surface area contributed by atoms with E-state index in [1.165, 1.54) is 24.3 Å². The average Bonchev–Trinajstić information content (AvgIpc) is 3.20. The van der Waals surface area contributed by atoms with E-state index >= 15 is 0 Å². The number of aryl methyl sites for hydroxylation is 1. The van der Waals surface area contributed by atoms with Crippen molar-refractivity contribution in [3.8, 4) is 11.3 Å². The third kappa shape index (κ3) is 3.95. The van der Waals surface area contributed by atoms with Gasteiger partial charge in [-0.1, -0.05) is 17.7 Å². The van der Waals surface area contributed by atoms with E-state index in [0.29, 0.717) is 21.5 Å². The van der Waals surface area contributed by atoms with Crippen LogP contribution in [0.15, 0.2) is 69.1 Å². The summed E-state index contributed by atoms with van der Waals surface area (Å²) >= 11 is 3.28. The van der Waals surface area contributed by atoms with Crippen molar-refractivity contribution in [3.05, 3.63) is 86.1 Å². The lowest BCUT2D eigenvalue weighted by molar-refractivity contribution is -0.384. The van der Waals surface area contributed by atoms with Crippen molar-refractivity contribution in [2.75, 3.05) is 4.90 Å². The number of nitrogens with one attached hydrogen (secondary N) is 1. The molecule has 0 spiro atoms. The summed E-state index contributed by atoms with van der Waals surface area (Å²) in [6.45, 7) is 1.87. The first-order valence-electron chi connectivity index (χ1n) is 9.27. The molecule has 0 unspecified atom stereocenters. The molecule has 9 nitrogen and oxygen atoms in total. The highest BCUT2D eigenvalue weighted by Gasteiger charge is 2.37. The molecular formula is C22H14BrN3O6. The first-order chi connectivity index (χ1) is 15.2. The third-order valence-corrected chi connectivity index (χ3v) is 5.39. The Morgan fingerprint density at radius 3 is 2.44 bits per heavy atom. The van der Waals surface area contributed by atoms with Gasteiger partial charge in [-0.2, -0.15) is 0 Å². The zero-order valence-corrected chi connectivity index (χ0v) is 18.1. The van der Waals surface area contributed by atoms with Gasteiger partial charge in [-0.15, -0.1) is 0 Å². The van der Waals surface area contributed by atoms with Gasteiger partial charge in [0.2, 0.25) is 0 Å². The van der Waals surface area contributed by atoms with E-state index < -0.39 is 22.8 Å². The summed E-state index contributed by atoms with van der Waals surface area (Å²) in [7, 11) is 0. The van der Waals surface area contributed by atoms with Gasteiger partial charge in [0, 0.05) is 22.2 Å². The number of carbonyl (C=O) groups excluding carboxylic acids is 3. The number of hydrogen-bond donors (Lipinski definition) is 1. The molecule has 1 N–H and O–H groups in total. The summed E-state index contributed by atoms with van der Waals surface area (Å²) in [5, 5.41) is 13.1. The van der Waals surface area contributed by atoms with Crippen LogP contribution in [0.4, 0.5) is 16.2 Å². The highest BCUT2D eigenvalue weighted by molar-refractivity contribution is 9.10. The minimum absolute atomic E-state index is 0.0835. The molecule has 1 aliphatic rings. The summed E-state index contributed by atoms with van der Waals surface area (Å²) in [5.41, 5.74) is 1.47. The van der Waals surface area contributed by atoms with Crippen LogP contribution in [-0.2, 0) is 9.59 Å². The summed E-state index contributed by atoms with van der Waals surface area (Å²) in [5.74, 6) is -1.05. The first-order valence-corrected chi connectivity index (χ1v) is 10.1. The quantitative estimate of drug-likeness (QED) is 0.244. The molecule has 3 aromatic rings. The van der Waals surface area contributed by atoms with Crippen molar-refractivity contribution >= 4 is 51.2 Å². The number of nitro benzene ring substituents is 1. The summed E-state index contributed by atoms with van der Waals surface area (Å²) < 4.78 is 6.17. The number of benzene rings is 2. The first kappa shape index (κ1) is 21.2. The second kappa shape index (κ2) is 8.23. The van der Waals surface area contributed by atoms with E-state index in [1.54, 1.807) is 36.4 Å². The van der Waals surface area contributed by atoms with Crippen molar-refractivity contribution in [1.82, 2.24) is 5.32 Å². The molecule has 160 valence electrons. The number of nitrogens with zero attached hydrogens (tertiary/aromatic N) is 2. The van der Waals surface area contributed by atoms with Crippen molar-refractivity contribution in [3.63, 3.8) is 0 Å². The van der Waals surface area contributed by atoms with Crippen LogP contribution in [0.25, 0.3) is 17.4 Å². The molecule has 1 saturated heterocycles. The number of furan rings is 1. The van der Waals surface area contributed by atoms with Gasteiger partial charge in [-0.3, -0.25) is 25.0 Å². The van der Waals surface area contributed by atoms with Gasteiger partial charge in [-0.05, 0) is 59.3 Å². The van der Waals surface area contributed by atoms with Crippen molar-refractivity contribution in [1.29, 1.82) is 0 Å². The maximum absolute atomic E-state index is 12.9. The van der Waals surface area contributed by atoms with Gasteiger partial charge < -0.3 is 4.42 Å². The molecule has 32 heavy (non-hydrogen) atoms. The normalized spacial score (nSPS) is 15.2. The van der Waals surface area contributed by atoms with Crippen LogP contribution in [0.5, 0.6) is 0 Å². The number of rotatable bonds is 4. The number of halogens is 1. The van der Waals surface area contributed by atoms with Crippen LogP contribution in [-0.4, -0.2) is 22.8 Å². The zero-order chi connectivity index (χ0) is 23.0. The number of hydrogen-bond acceptors (Lipinski definition) is 6. The Morgan fingerprint density at radius 1 is 1.06 bits per heavy atom. The van der Waals surface area contributed by atoms with Gasteiger partial charge >= 0.3 is 6.03 Å². The molecule has 0 saturated carbocycles. The van der Waals surface area contributed by atoms with E-state index in [9.17, 15) is 24.5 Å². The topological polar surface area (TPSA) is 123 Å². The van der Waals surface area contributed by atoms with Gasteiger partial charge in [0.25, 0.3) is 17.5 Å². The molecule has 2 heterocycles. The summed E-state index contributed by atoms with van der Waals surface area (Å²) in [4.78, 5) is 48.8. The third-order valence-electron chi connectivity index (χ3n) is 4.74. The fourth-order valence-electron chi connectivity index (χ4n) is 3.12. The van der Waals surface area contributed by atoms with Crippen LogP contribution in [0.1, 0.15) is 11.3 Å². The van der Waals surface area contributed by atoms with Gasteiger partial charge in [0.1, 0.15) is 17.1 Å². The molecule has 1 aromatic heterocycles. The van der Waals surface area contributed by atoms with Crippen LogP contribution in [0.2, 0.25) is 0 Å². The molecule has 2 aromatic carbocycles. The molecule has 1 aliphatic heterocycles. The van der Waals surface area contributed by atoms with Gasteiger partial charge in [0.05, 0.1) is 10.6 Å². The monoisotopic (exact) mass is 495 g/mol. The minimum Gasteiger partial charge on any atom is -0.457 e. The Morgan fingerprint density at radius 2 is 1.78 bits per heavy atom. The molecule has 1 fully saturated rings. The van der Waals surface area contributed by atoms with E-state index in [4.69, 9.17) is 4.42 Å². The highest BCUT2D eigenvalue weighted by atomic mass is 79.9. The Balaban J connectivity index is 1.66. The Hall–Kier alpha value is -4.05. The van der Waals surface area contributed by atoms with E-state index in [1.807, 2.05) is 6.92 Å². The number of anilines is 1. The molecule has 4 amide bonds. The Labute approximate surface area is 189 Å². The van der Waals surface area contributed by atoms with Crippen LogP contribution >= 0.6 is 15.9 Å². The van der Waals surface area contributed by atoms with Crippen molar-refractivity contribution in [2.24, 2.45) is 0 Å². The second-order valence-electron chi connectivity index (χ2n) is 6.92. The lowest BCUT2D eigenvalue weighted by Gasteiger charge is -2.26. The maximum Gasteiger partial charge on any atom is 0.335 e. The predicted octanol–water partition coefficient (Wildman–Crippen LogP) is 4.59. The minimum atomic E-state index is -0.837. The fourth-order valence-corrected chi connectivity index (χ4v) is 3.68. The van der Waals surface area contributed by atoms with E-state index in [0.717, 1.165) is 10.5 Å². The molecule has 4 rings (SSSR count).